The van der Waals surface area contributed by atoms with Gasteiger partial charge in [0.15, 0.2) is 11.5 Å². The fraction of sp³-hybridized carbons (Fsp3) is 0.0556. The molecule has 0 saturated carbocycles. The highest BCUT2D eigenvalue weighted by Gasteiger charge is 2.13. The molecule has 0 aliphatic rings. The Morgan fingerprint density at radius 2 is 1.73 bits per heavy atom. The third-order valence-corrected chi connectivity index (χ3v) is 3.37. The quantitative estimate of drug-likeness (QED) is 0.590. The van der Waals surface area contributed by atoms with Crippen LogP contribution in [0.4, 0.5) is 0 Å². The van der Waals surface area contributed by atoms with Crippen LogP contribution in [0.3, 0.4) is 0 Å². The van der Waals surface area contributed by atoms with Crippen molar-refractivity contribution in [3.05, 3.63) is 66.2 Å². The number of ether oxygens (including phenoxy) is 2. The molecule has 0 aliphatic carbocycles. The van der Waals surface area contributed by atoms with E-state index >= 15 is 0 Å². The van der Waals surface area contributed by atoms with E-state index in [0.29, 0.717) is 11.3 Å². The van der Waals surface area contributed by atoms with E-state index in [1.165, 1.54) is 25.3 Å². The normalized spacial score (nSPS) is 10.4. The van der Waals surface area contributed by atoms with Crippen LogP contribution in [0.5, 0.6) is 17.2 Å². The lowest BCUT2D eigenvalue weighted by molar-refractivity contribution is 0.0736. The summed E-state index contributed by atoms with van der Waals surface area (Å²) < 4.78 is 10.5. The van der Waals surface area contributed by atoms with E-state index in [0.717, 1.165) is 10.8 Å². The van der Waals surface area contributed by atoms with Crippen molar-refractivity contribution in [3.8, 4) is 17.2 Å². The molecule has 3 aromatic carbocycles. The first-order valence-corrected chi connectivity index (χ1v) is 6.76. The van der Waals surface area contributed by atoms with Crippen LogP contribution < -0.4 is 9.47 Å². The minimum Gasteiger partial charge on any atom is -0.504 e. The van der Waals surface area contributed by atoms with Crippen molar-refractivity contribution in [3.63, 3.8) is 0 Å². The number of fused-ring (bicyclic) bond motifs is 1. The van der Waals surface area contributed by atoms with Crippen molar-refractivity contribution >= 4 is 16.7 Å². The Bertz CT molecular complexity index is 834. The van der Waals surface area contributed by atoms with Gasteiger partial charge in [-0.25, -0.2) is 4.79 Å². The molecule has 0 amide bonds. The molecule has 0 bridgehead atoms. The summed E-state index contributed by atoms with van der Waals surface area (Å²) in [6.07, 6.45) is 0. The first kappa shape index (κ1) is 13.9. The van der Waals surface area contributed by atoms with E-state index in [2.05, 4.69) is 0 Å². The van der Waals surface area contributed by atoms with E-state index in [1.54, 1.807) is 6.07 Å². The topological polar surface area (TPSA) is 55.8 Å². The molecule has 0 unspecified atom stereocenters. The Labute approximate surface area is 127 Å². The highest BCUT2D eigenvalue weighted by molar-refractivity contribution is 5.95. The molecule has 4 nitrogen and oxygen atoms in total. The van der Waals surface area contributed by atoms with Gasteiger partial charge in [-0.1, -0.05) is 36.4 Å². The van der Waals surface area contributed by atoms with Crippen LogP contribution in [0.2, 0.25) is 0 Å². The second-order valence-corrected chi connectivity index (χ2v) is 4.75. The zero-order chi connectivity index (χ0) is 15.5. The Morgan fingerprint density at radius 1 is 0.955 bits per heavy atom. The van der Waals surface area contributed by atoms with Crippen molar-refractivity contribution in [1.29, 1.82) is 0 Å². The number of rotatable bonds is 3. The van der Waals surface area contributed by atoms with Crippen molar-refractivity contribution < 1.29 is 19.4 Å². The Balaban J connectivity index is 1.93. The summed E-state index contributed by atoms with van der Waals surface area (Å²) in [4.78, 5) is 12.3. The van der Waals surface area contributed by atoms with Crippen LogP contribution in [0, 0.1) is 0 Å². The van der Waals surface area contributed by atoms with Crippen molar-refractivity contribution in [2.45, 2.75) is 0 Å². The van der Waals surface area contributed by atoms with Crippen LogP contribution in [0.1, 0.15) is 10.4 Å². The predicted molar refractivity (Wildman–Crippen MR) is 83.6 cm³/mol. The maximum Gasteiger partial charge on any atom is 0.343 e. The molecule has 22 heavy (non-hydrogen) atoms. The van der Waals surface area contributed by atoms with Gasteiger partial charge in [0, 0.05) is 5.39 Å². The number of carbonyl (C=O) groups excluding carboxylic acids is 1. The summed E-state index contributed by atoms with van der Waals surface area (Å²) in [5.74, 6) is 0.196. The molecule has 0 spiro atoms. The Hall–Kier alpha value is -3.01. The highest BCUT2D eigenvalue weighted by Crippen LogP contribution is 2.29. The van der Waals surface area contributed by atoms with Gasteiger partial charge in [-0.2, -0.15) is 0 Å². The summed E-state index contributed by atoms with van der Waals surface area (Å²) in [6.45, 7) is 0. The molecular formula is C18H14O4. The van der Waals surface area contributed by atoms with Gasteiger partial charge in [-0.3, -0.25) is 0 Å². The SMILES string of the molecule is COc1cc(C(=O)Oc2cccc3ccccc23)ccc1O. The monoisotopic (exact) mass is 294 g/mol. The van der Waals surface area contributed by atoms with Crippen molar-refractivity contribution in [1.82, 2.24) is 0 Å². The van der Waals surface area contributed by atoms with Gasteiger partial charge in [0.1, 0.15) is 5.75 Å². The van der Waals surface area contributed by atoms with Crippen LogP contribution >= 0.6 is 0 Å². The molecule has 0 heterocycles. The third kappa shape index (κ3) is 2.59. The van der Waals surface area contributed by atoms with Gasteiger partial charge in [0.25, 0.3) is 0 Å². The minimum absolute atomic E-state index is 0.0239. The lowest BCUT2D eigenvalue weighted by Crippen LogP contribution is -2.08. The van der Waals surface area contributed by atoms with Gasteiger partial charge in [-0.05, 0) is 29.7 Å². The number of carbonyl (C=O) groups is 1. The lowest BCUT2D eigenvalue weighted by Gasteiger charge is -2.09. The molecule has 1 N–H and O–H groups in total. The molecular weight excluding hydrogens is 280 g/mol. The van der Waals surface area contributed by atoms with Gasteiger partial charge < -0.3 is 14.6 Å². The maximum atomic E-state index is 12.3. The molecule has 110 valence electrons. The number of benzene rings is 3. The summed E-state index contributed by atoms with van der Waals surface area (Å²) in [5.41, 5.74) is 0.308. The molecule has 3 aromatic rings. The average Bonchev–Trinajstić information content (AvgIpc) is 2.55. The third-order valence-electron chi connectivity index (χ3n) is 3.37. The first-order valence-electron chi connectivity index (χ1n) is 6.76. The second-order valence-electron chi connectivity index (χ2n) is 4.75. The summed E-state index contributed by atoms with van der Waals surface area (Å²) in [7, 11) is 1.43. The summed E-state index contributed by atoms with van der Waals surface area (Å²) in [5, 5.41) is 11.4. The molecule has 0 fully saturated rings. The van der Waals surface area contributed by atoms with Crippen molar-refractivity contribution in [2.24, 2.45) is 0 Å². The number of phenolic OH excluding ortho intramolecular Hbond substituents is 1. The van der Waals surface area contributed by atoms with E-state index in [9.17, 15) is 9.90 Å². The molecule has 4 heteroatoms. The molecule has 0 atom stereocenters. The smallest absolute Gasteiger partial charge is 0.343 e. The van der Waals surface area contributed by atoms with Crippen LogP contribution in [0.25, 0.3) is 10.8 Å². The summed E-state index contributed by atoms with van der Waals surface area (Å²) in [6, 6.07) is 17.6. The van der Waals surface area contributed by atoms with E-state index in [4.69, 9.17) is 9.47 Å². The number of aromatic hydroxyl groups is 1. The number of hydrogen-bond donors (Lipinski definition) is 1. The fourth-order valence-corrected chi connectivity index (χ4v) is 2.25. The first-order chi connectivity index (χ1) is 10.7. The van der Waals surface area contributed by atoms with Gasteiger partial charge in [0.2, 0.25) is 0 Å². The van der Waals surface area contributed by atoms with Crippen LogP contribution in [0.15, 0.2) is 60.7 Å². The molecule has 0 aromatic heterocycles. The predicted octanol–water partition coefficient (Wildman–Crippen LogP) is 3.77. The van der Waals surface area contributed by atoms with Gasteiger partial charge >= 0.3 is 5.97 Å². The van der Waals surface area contributed by atoms with Gasteiger partial charge in [-0.15, -0.1) is 0 Å². The minimum atomic E-state index is -0.505. The van der Waals surface area contributed by atoms with Gasteiger partial charge in [0.05, 0.1) is 12.7 Å². The molecule has 0 saturated heterocycles. The Morgan fingerprint density at radius 3 is 2.55 bits per heavy atom. The van der Waals surface area contributed by atoms with E-state index < -0.39 is 5.97 Å². The largest absolute Gasteiger partial charge is 0.504 e. The molecule has 3 rings (SSSR count). The van der Waals surface area contributed by atoms with Crippen LogP contribution in [-0.4, -0.2) is 18.2 Å². The molecule has 0 radical (unpaired) electrons. The average molecular weight is 294 g/mol. The Kier molecular flexibility index (Phi) is 3.66. The zero-order valence-corrected chi connectivity index (χ0v) is 11.9. The van der Waals surface area contributed by atoms with E-state index in [-0.39, 0.29) is 11.5 Å². The number of hydrogen-bond acceptors (Lipinski definition) is 4. The van der Waals surface area contributed by atoms with E-state index in [1.807, 2.05) is 36.4 Å². The molecule has 0 aliphatic heterocycles. The maximum absolute atomic E-state index is 12.3. The fourth-order valence-electron chi connectivity index (χ4n) is 2.25. The zero-order valence-electron chi connectivity index (χ0n) is 11.9. The highest BCUT2D eigenvalue weighted by atomic mass is 16.5. The van der Waals surface area contributed by atoms with Crippen molar-refractivity contribution in [2.75, 3.05) is 7.11 Å². The lowest BCUT2D eigenvalue weighted by atomic mass is 10.1. The number of phenols is 1. The number of methoxy groups -OCH3 is 1. The standard InChI is InChI=1S/C18H14O4/c1-21-17-11-13(9-10-15(17)19)18(20)22-16-8-4-6-12-5-2-3-7-14(12)16/h2-11,19H,1H3. The number of esters is 1. The second kappa shape index (κ2) is 5.77. The van der Waals surface area contributed by atoms with Crippen LogP contribution in [-0.2, 0) is 0 Å². The summed E-state index contributed by atoms with van der Waals surface area (Å²) >= 11 is 0.